The molecule has 155 valence electrons. The number of hydrogen-bond donors (Lipinski definition) is 2. The fourth-order valence-electron chi connectivity index (χ4n) is 2.82. The molecule has 9 heteroatoms. The molecule has 0 fully saturated rings. The van der Waals surface area contributed by atoms with Crippen molar-refractivity contribution in [1.29, 1.82) is 0 Å². The van der Waals surface area contributed by atoms with Gasteiger partial charge >= 0.3 is 6.18 Å². The molecule has 0 aliphatic heterocycles. The lowest BCUT2D eigenvalue weighted by Gasteiger charge is -2.19. The van der Waals surface area contributed by atoms with Crippen molar-refractivity contribution in [3.05, 3.63) is 66.0 Å². The maximum absolute atomic E-state index is 12.9. The molecular weight excluding hydrogens is 397 g/mol. The number of imidazole rings is 1. The molecule has 1 radical (unpaired) electrons. The lowest BCUT2D eigenvalue weighted by atomic mass is 10.0. The van der Waals surface area contributed by atoms with Crippen molar-refractivity contribution in [2.24, 2.45) is 0 Å². The van der Waals surface area contributed by atoms with Gasteiger partial charge in [-0.05, 0) is 24.3 Å². The quantitative estimate of drug-likeness (QED) is 0.468. The summed E-state index contributed by atoms with van der Waals surface area (Å²) in [6.07, 6.45) is -1.78. The van der Waals surface area contributed by atoms with Crippen LogP contribution in [0, 0.1) is 6.07 Å². The highest BCUT2D eigenvalue weighted by molar-refractivity contribution is 6.12. The number of aromatic nitrogens is 2. The number of anilines is 2. The molecular formula is C21H18F3N4O2. The lowest BCUT2D eigenvalue weighted by molar-refractivity contribution is -0.137. The van der Waals surface area contributed by atoms with Gasteiger partial charge in [-0.3, -0.25) is 9.59 Å². The number of halogens is 3. The summed E-state index contributed by atoms with van der Waals surface area (Å²) in [4.78, 5) is 33.4. The van der Waals surface area contributed by atoms with Crippen molar-refractivity contribution in [1.82, 2.24) is 9.97 Å². The van der Waals surface area contributed by atoms with Crippen LogP contribution in [0.1, 0.15) is 22.3 Å². The van der Waals surface area contributed by atoms with E-state index in [1.807, 2.05) is 0 Å². The number of amides is 1. The van der Waals surface area contributed by atoms with Crippen LogP contribution < -0.4 is 10.2 Å². The van der Waals surface area contributed by atoms with Crippen LogP contribution in [0.15, 0.2) is 48.8 Å². The normalized spacial score (nSPS) is 11.2. The summed E-state index contributed by atoms with van der Waals surface area (Å²) in [7, 11) is 3.10. The zero-order valence-electron chi connectivity index (χ0n) is 16.2. The Morgan fingerprint density at radius 3 is 2.63 bits per heavy atom. The molecule has 0 atom stereocenters. The molecule has 0 saturated carbocycles. The highest BCUT2D eigenvalue weighted by Crippen LogP contribution is 2.34. The number of rotatable bonds is 6. The third-order valence-corrected chi connectivity index (χ3v) is 4.27. The third-order valence-electron chi connectivity index (χ3n) is 4.27. The average molecular weight is 415 g/mol. The van der Waals surface area contributed by atoms with E-state index in [9.17, 15) is 22.8 Å². The van der Waals surface area contributed by atoms with E-state index in [0.717, 1.165) is 12.1 Å². The zero-order chi connectivity index (χ0) is 21.9. The van der Waals surface area contributed by atoms with Crippen LogP contribution in [0.25, 0.3) is 11.4 Å². The van der Waals surface area contributed by atoms with Crippen LogP contribution in [-0.4, -0.2) is 35.8 Å². The number of nitrogens with one attached hydrogen (secondary N) is 2. The van der Waals surface area contributed by atoms with E-state index < -0.39 is 29.9 Å². The summed E-state index contributed by atoms with van der Waals surface area (Å²) in [5, 5.41) is 2.49. The third kappa shape index (κ3) is 4.86. The van der Waals surface area contributed by atoms with Gasteiger partial charge in [-0.2, -0.15) is 13.2 Å². The fraction of sp³-hybridized carbons (Fsp3) is 0.190. The van der Waals surface area contributed by atoms with E-state index in [0.29, 0.717) is 17.0 Å². The molecule has 1 amide bonds. The van der Waals surface area contributed by atoms with E-state index in [1.54, 1.807) is 50.8 Å². The van der Waals surface area contributed by atoms with Gasteiger partial charge < -0.3 is 15.2 Å². The fourth-order valence-corrected chi connectivity index (χ4v) is 2.82. The van der Waals surface area contributed by atoms with Crippen LogP contribution in [0.3, 0.4) is 0 Å². The first-order valence-corrected chi connectivity index (χ1v) is 8.88. The minimum absolute atomic E-state index is 0.134. The first kappa shape index (κ1) is 21.1. The Morgan fingerprint density at radius 1 is 1.23 bits per heavy atom. The average Bonchev–Trinajstić information content (AvgIpc) is 3.22. The topological polar surface area (TPSA) is 78.1 Å². The highest BCUT2D eigenvalue weighted by atomic mass is 19.4. The van der Waals surface area contributed by atoms with Gasteiger partial charge in [0, 0.05) is 37.6 Å². The van der Waals surface area contributed by atoms with E-state index in [4.69, 9.17) is 0 Å². The number of hydrogen-bond acceptors (Lipinski definition) is 4. The second-order valence-corrected chi connectivity index (χ2v) is 6.70. The Balaban J connectivity index is 1.74. The predicted molar refractivity (Wildman–Crippen MR) is 106 cm³/mol. The molecule has 0 unspecified atom stereocenters. The number of Topliss-reactive ketones (excluding diaryl/α,β-unsaturated/α-hetero) is 1. The van der Waals surface area contributed by atoms with Gasteiger partial charge in [-0.25, -0.2) is 4.98 Å². The van der Waals surface area contributed by atoms with E-state index in [1.165, 1.54) is 4.90 Å². The molecule has 1 heterocycles. The number of benzene rings is 2. The number of carbonyl (C=O) groups is 2. The number of H-pyrrole nitrogens is 1. The SMILES string of the molecule is CN(C)c1cc(C(F)(F)F)[c]cc1NC(=O)CC(=O)c1cccc(-c2ncc[nH]2)c1. The van der Waals surface area contributed by atoms with E-state index in [2.05, 4.69) is 21.4 Å². The Kier molecular flexibility index (Phi) is 5.91. The Hall–Kier alpha value is -3.62. The van der Waals surface area contributed by atoms with Gasteiger partial charge in [0.2, 0.25) is 5.91 Å². The van der Waals surface area contributed by atoms with Crippen molar-refractivity contribution in [3.8, 4) is 11.4 Å². The van der Waals surface area contributed by atoms with Gasteiger partial charge in [0.25, 0.3) is 0 Å². The zero-order valence-corrected chi connectivity index (χ0v) is 16.2. The molecule has 0 saturated heterocycles. The van der Waals surface area contributed by atoms with Crippen molar-refractivity contribution in [2.75, 3.05) is 24.3 Å². The summed E-state index contributed by atoms with van der Waals surface area (Å²) in [6, 6.07) is 10.7. The first-order chi connectivity index (χ1) is 14.1. The van der Waals surface area contributed by atoms with Crippen LogP contribution in [0.4, 0.5) is 24.5 Å². The molecule has 6 nitrogen and oxygen atoms in total. The summed E-state index contributed by atoms with van der Waals surface area (Å²) in [5.41, 5.74) is 0.358. The smallest absolute Gasteiger partial charge is 0.376 e. The van der Waals surface area contributed by atoms with Crippen LogP contribution in [0.2, 0.25) is 0 Å². The maximum Gasteiger partial charge on any atom is 0.417 e. The predicted octanol–water partition coefficient (Wildman–Crippen LogP) is 4.17. The standard InChI is InChI=1S/C21H18F3N4O2/c1-28(2)17-11-15(21(22,23)24)6-7-16(17)27-19(30)12-18(29)13-4-3-5-14(10-13)20-25-8-9-26-20/h3-5,7-11H,12H2,1-2H3,(H,25,26)(H,27,30). The van der Waals surface area contributed by atoms with Crippen molar-refractivity contribution in [2.45, 2.75) is 12.6 Å². The number of ketones is 1. The number of aromatic amines is 1. The van der Waals surface area contributed by atoms with Crippen LogP contribution in [-0.2, 0) is 11.0 Å². The molecule has 30 heavy (non-hydrogen) atoms. The number of alkyl halides is 3. The van der Waals surface area contributed by atoms with Crippen molar-refractivity contribution >= 4 is 23.1 Å². The molecule has 0 aliphatic carbocycles. The largest absolute Gasteiger partial charge is 0.417 e. The molecule has 3 rings (SSSR count). The molecule has 2 N–H and O–H groups in total. The summed E-state index contributed by atoms with van der Waals surface area (Å²) < 4.78 is 38.8. The number of carbonyl (C=O) groups excluding carboxylic acids is 2. The summed E-state index contributed by atoms with van der Waals surface area (Å²) in [5.74, 6) is -0.479. The summed E-state index contributed by atoms with van der Waals surface area (Å²) in [6.45, 7) is 0. The Bertz CT molecular complexity index is 1060. The lowest BCUT2D eigenvalue weighted by Crippen LogP contribution is -2.20. The first-order valence-electron chi connectivity index (χ1n) is 8.88. The summed E-state index contributed by atoms with van der Waals surface area (Å²) >= 11 is 0. The van der Waals surface area contributed by atoms with Gasteiger partial charge in [-0.1, -0.05) is 18.2 Å². The minimum Gasteiger partial charge on any atom is -0.376 e. The van der Waals surface area contributed by atoms with E-state index in [-0.39, 0.29) is 11.4 Å². The van der Waals surface area contributed by atoms with Crippen LogP contribution >= 0.6 is 0 Å². The number of nitrogens with zero attached hydrogens (tertiary/aromatic N) is 2. The van der Waals surface area contributed by atoms with E-state index >= 15 is 0 Å². The second kappa shape index (κ2) is 8.40. The van der Waals surface area contributed by atoms with Crippen molar-refractivity contribution < 1.29 is 22.8 Å². The van der Waals surface area contributed by atoms with Crippen LogP contribution in [0.5, 0.6) is 0 Å². The van der Waals surface area contributed by atoms with Gasteiger partial charge in [0.05, 0.1) is 23.4 Å². The van der Waals surface area contributed by atoms with Gasteiger partial charge in [0.15, 0.2) is 5.78 Å². The highest BCUT2D eigenvalue weighted by Gasteiger charge is 2.31. The molecule has 1 aromatic heterocycles. The monoisotopic (exact) mass is 415 g/mol. The molecule has 0 spiro atoms. The van der Waals surface area contributed by atoms with Crippen molar-refractivity contribution in [3.63, 3.8) is 0 Å². The molecule has 2 aromatic carbocycles. The Morgan fingerprint density at radius 2 is 2.00 bits per heavy atom. The Labute approximate surface area is 170 Å². The maximum atomic E-state index is 12.9. The molecule has 3 aromatic rings. The molecule has 0 bridgehead atoms. The van der Waals surface area contributed by atoms with Gasteiger partial charge in [0.1, 0.15) is 5.82 Å². The van der Waals surface area contributed by atoms with Gasteiger partial charge in [-0.15, -0.1) is 0 Å². The second-order valence-electron chi connectivity index (χ2n) is 6.70. The minimum atomic E-state index is -4.55. The molecule has 0 aliphatic rings.